The Labute approximate surface area is 95.2 Å². The van der Waals surface area contributed by atoms with E-state index < -0.39 is 0 Å². The van der Waals surface area contributed by atoms with E-state index in [9.17, 15) is 0 Å². The van der Waals surface area contributed by atoms with Crippen LogP contribution in [-0.2, 0) is 4.74 Å². The van der Waals surface area contributed by atoms with Crippen LogP contribution < -0.4 is 5.32 Å². The first-order valence-corrected chi connectivity index (χ1v) is 6.04. The molecular weight excluding hydrogens is 188 g/mol. The van der Waals surface area contributed by atoms with Gasteiger partial charge in [-0.1, -0.05) is 6.92 Å². The van der Waals surface area contributed by atoms with Crippen molar-refractivity contribution >= 4 is 0 Å². The number of likely N-dealkylation sites (N-methyl/N-ethyl adjacent to an activating group) is 1. The van der Waals surface area contributed by atoms with Gasteiger partial charge in [-0.15, -0.1) is 0 Å². The monoisotopic (exact) mass is 216 g/mol. The summed E-state index contributed by atoms with van der Waals surface area (Å²) < 4.78 is 5.05. The van der Waals surface area contributed by atoms with Crippen LogP contribution in [0.25, 0.3) is 0 Å². The molecule has 0 aromatic carbocycles. The third kappa shape index (κ3) is 7.77. The zero-order valence-corrected chi connectivity index (χ0v) is 11.0. The van der Waals surface area contributed by atoms with Crippen LogP contribution >= 0.6 is 0 Å². The molecule has 0 radical (unpaired) electrons. The van der Waals surface area contributed by atoms with Crippen molar-refractivity contribution in [2.75, 3.05) is 33.9 Å². The lowest BCUT2D eigenvalue weighted by Crippen LogP contribution is -2.41. The van der Waals surface area contributed by atoms with Crippen molar-refractivity contribution < 1.29 is 4.74 Å². The van der Waals surface area contributed by atoms with Crippen LogP contribution in [0.1, 0.15) is 33.6 Å². The molecule has 15 heavy (non-hydrogen) atoms. The van der Waals surface area contributed by atoms with Gasteiger partial charge in [-0.25, -0.2) is 0 Å². The average Bonchev–Trinajstić information content (AvgIpc) is 2.25. The fraction of sp³-hybridized carbons (Fsp3) is 1.00. The molecule has 1 N–H and O–H groups in total. The van der Waals surface area contributed by atoms with Gasteiger partial charge < -0.3 is 15.0 Å². The molecular formula is C12H28N2O. The number of rotatable bonds is 9. The summed E-state index contributed by atoms with van der Waals surface area (Å²) in [7, 11) is 3.94. The molecule has 0 aliphatic rings. The van der Waals surface area contributed by atoms with Gasteiger partial charge >= 0.3 is 0 Å². The Kier molecular flexibility index (Phi) is 9.06. The minimum atomic E-state index is 0.593. The lowest BCUT2D eigenvalue weighted by atomic mass is 10.2. The standard InChI is InChI=1S/C12H28N2O/c1-6-11(2)13-10-12(3)14(4)8-7-9-15-5/h11-13H,6-10H2,1-5H3. The summed E-state index contributed by atoms with van der Waals surface area (Å²) in [4.78, 5) is 2.38. The molecule has 0 aliphatic carbocycles. The van der Waals surface area contributed by atoms with E-state index in [0.717, 1.165) is 26.1 Å². The second-order valence-corrected chi connectivity index (χ2v) is 4.39. The van der Waals surface area contributed by atoms with E-state index in [1.165, 1.54) is 6.42 Å². The quantitative estimate of drug-likeness (QED) is 0.594. The van der Waals surface area contributed by atoms with Crippen LogP contribution in [0.4, 0.5) is 0 Å². The highest BCUT2D eigenvalue weighted by molar-refractivity contribution is 4.68. The Morgan fingerprint density at radius 1 is 1.33 bits per heavy atom. The van der Waals surface area contributed by atoms with Crippen LogP contribution in [0.2, 0.25) is 0 Å². The minimum Gasteiger partial charge on any atom is -0.385 e. The second-order valence-electron chi connectivity index (χ2n) is 4.39. The number of hydrogen-bond donors (Lipinski definition) is 1. The zero-order chi connectivity index (χ0) is 11.7. The number of methoxy groups -OCH3 is 1. The predicted octanol–water partition coefficient (Wildman–Crippen LogP) is 1.73. The number of nitrogens with one attached hydrogen (secondary N) is 1. The first-order chi connectivity index (χ1) is 7.11. The number of hydrogen-bond acceptors (Lipinski definition) is 3. The van der Waals surface area contributed by atoms with Crippen LogP contribution in [0, 0.1) is 0 Å². The second kappa shape index (κ2) is 9.13. The van der Waals surface area contributed by atoms with E-state index in [2.05, 4.69) is 38.0 Å². The SMILES string of the molecule is CCC(C)NCC(C)N(C)CCCOC. The highest BCUT2D eigenvalue weighted by Crippen LogP contribution is 1.97. The van der Waals surface area contributed by atoms with E-state index in [1.54, 1.807) is 7.11 Å². The van der Waals surface area contributed by atoms with Crippen LogP contribution in [-0.4, -0.2) is 50.8 Å². The molecule has 92 valence electrons. The molecule has 0 spiro atoms. The van der Waals surface area contributed by atoms with Crippen LogP contribution in [0.3, 0.4) is 0 Å². The van der Waals surface area contributed by atoms with Crippen molar-refractivity contribution in [3.63, 3.8) is 0 Å². The molecule has 0 heterocycles. The van der Waals surface area contributed by atoms with Gasteiger partial charge in [-0.2, -0.15) is 0 Å². The van der Waals surface area contributed by atoms with Gasteiger partial charge in [0.15, 0.2) is 0 Å². The Balaban J connectivity index is 3.54. The maximum atomic E-state index is 5.05. The molecule has 0 saturated carbocycles. The van der Waals surface area contributed by atoms with E-state index in [0.29, 0.717) is 12.1 Å². The van der Waals surface area contributed by atoms with Crippen molar-refractivity contribution in [2.45, 2.75) is 45.7 Å². The Morgan fingerprint density at radius 2 is 2.00 bits per heavy atom. The van der Waals surface area contributed by atoms with Crippen molar-refractivity contribution in [1.82, 2.24) is 10.2 Å². The number of ether oxygens (including phenoxy) is 1. The smallest absolute Gasteiger partial charge is 0.0474 e. The lowest BCUT2D eigenvalue weighted by Gasteiger charge is -2.26. The summed E-state index contributed by atoms with van der Waals surface area (Å²) in [5.41, 5.74) is 0. The highest BCUT2D eigenvalue weighted by Gasteiger charge is 2.09. The van der Waals surface area contributed by atoms with Gasteiger partial charge in [-0.3, -0.25) is 0 Å². The first-order valence-electron chi connectivity index (χ1n) is 6.04. The topological polar surface area (TPSA) is 24.5 Å². The molecule has 0 aromatic rings. The van der Waals surface area contributed by atoms with Gasteiger partial charge in [0.2, 0.25) is 0 Å². The maximum Gasteiger partial charge on any atom is 0.0474 e. The summed E-state index contributed by atoms with van der Waals surface area (Å²) in [6, 6.07) is 1.22. The summed E-state index contributed by atoms with van der Waals surface area (Å²) in [6.07, 6.45) is 2.31. The molecule has 2 unspecified atom stereocenters. The first kappa shape index (κ1) is 14.9. The minimum absolute atomic E-state index is 0.593. The van der Waals surface area contributed by atoms with E-state index in [-0.39, 0.29) is 0 Å². The normalized spacial score (nSPS) is 15.6. The fourth-order valence-corrected chi connectivity index (χ4v) is 1.35. The van der Waals surface area contributed by atoms with Gasteiger partial charge in [0.1, 0.15) is 0 Å². The van der Waals surface area contributed by atoms with Crippen LogP contribution in [0.5, 0.6) is 0 Å². The largest absolute Gasteiger partial charge is 0.385 e. The summed E-state index contributed by atoms with van der Waals surface area (Å²) in [6.45, 7) is 9.75. The lowest BCUT2D eigenvalue weighted by molar-refractivity contribution is 0.167. The van der Waals surface area contributed by atoms with Crippen molar-refractivity contribution in [3.8, 4) is 0 Å². The third-order valence-corrected chi connectivity index (χ3v) is 2.99. The summed E-state index contributed by atoms with van der Waals surface area (Å²) in [5.74, 6) is 0. The molecule has 0 fully saturated rings. The van der Waals surface area contributed by atoms with Gasteiger partial charge in [0, 0.05) is 38.9 Å². The van der Waals surface area contributed by atoms with E-state index in [1.807, 2.05) is 0 Å². The highest BCUT2D eigenvalue weighted by atomic mass is 16.5. The van der Waals surface area contributed by atoms with E-state index in [4.69, 9.17) is 4.74 Å². The molecule has 0 rings (SSSR count). The molecule has 2 atom stereocenters. The Hall–Kier alpha value is -0.120. The molecule has 0 saturated heterocycles. The van der Waals surface area contributed by atoms with Gasteiger partial charge in [-0.05, 0) is 33.7 Å². The summed E-state index contributed by atoms with van der Waals surface area (Å²) in [5, 5.41) is 3.53. The van der Waals surface area contributed by atoms with Gasteiger partial charge in [0.05, 0.1) is 0 Å². The Bertz CT molecular complexity index is 142. The Morgan fingerprint density at radius 3 is 2.53 bits per heavy atom. The summed E-state index contributed by atoms with van der Waals surface area (Å²) >= 11 is 0. The third-order valence-electron chi connectivity index (χ3n) is 2.99. The maximum absolute atomic E-state index is 5.05. The van der Waals surface area contributed by atoms with E-state index >= 15 is 0 Å². The number of nitrogens with zero attached hydrogens (tertiary/aromatic N) is 1. The zero-order valence-electron chi connectivity index (χ0n) is 11.0. The molecule has 0 bridgehead atoms. The predicted molar refractivity (Wildman–Crippen MR) is 66.3 cm³/mol. The van der Waals surface area contributed by atoms with Crippen molar-refractivity contribution in [2.24, 2.45) is 0 Å². The fourth-order valence-electron chi connectivity index (χ4n) is 1.35. The molecule has 0 aromatic heterocycles. The molecule has 0 aliphatic heterocycles. The van der Waals surface area contributed by atoms with Gasteiger partial charge in [0.25, 0.3) is 0 Å². The molecule has 3 nitrogen and oxygen atoms in total. The molecule has 3 heteroatoms. The van der Waals surface area contributed by atoms with Crippen molar-refractivity contribution in [3.05, 3.63) is 0 Å². The molecule has 0 amide bonds. The average molecular weight is 216 g/mol. The van der Waals surface area contributed by atoms with Crippen molar-refractivity contribution in [1.29, 1.82) is 0 Å². The van der Waals surface area contributed by atoms with Crippen LogP contribution in [0.15, 0.2) is 0 Å².